The Kier molecular flexibility index (Phi) is 11.2. The summed E-state index contributed by atoms with van der Waals surface area (Å²) in [5.74, 6) is 9.50. The number of hydrogen-bond acceptors (Lipinski definition) is 6. The van der Waals surface area contributed by atoms with E-state index in [0.29, 0.717) is 19.0 Å². The van der Waals surface area contributed by atoms with E-state index >= 15 is 0 Å². The number of fused-ring (bicyclic) bond motifs is 1. The van der Waals surface area contributed by atoms with E-state index in [1.54, 1.807) is 11.8 Å². The van der Waals surface area contributed by atoms with Crippen molar-refractivity contribution < 1.29 is 9.59 Å². The summed E-state index contributed by atoms with van der Waals surface area (Å²) >= 11 is 1.78. The summed E-state index contributed by atoms with van der Waals surface area (Å²) in [6.45, 7) is 14.2. The topological polar surface area (TPSA) is 124 Å². The number of likely N-dealkylation sites (tertiary alicyclic amines) is 1. The number of carbonyl (C=O) groups excluding carboxylic acids is 2. The Morgan fingerprint density at radius 1 is 0.873 bits per heavy atom. The first-order valence-electron chi connectivity index (χ1n) is 19.6. The predicted octanol–water partition coefficient (Wildman–Crippen LogP) is 8.43. The summed E-state index contributed by atoms with van der Waals surface area (Å²) in [5.41, 5.74) is 12.5. The number of imidazole rings is 2. The Morgan fingerprint density at radius 2 is 1.58 bits per heavy atom. The van der Waals surface area contributed by atoms with Crippen molar-refractivity contribution in [1.29, 1.82) is 0 Å². The van der Waals surface area contributed by atoms with Gasteiger partial charge in [0.05, 0.1) is 40.9 Å². The molecule has 55 heavy (non-hydrogen) atoms. The molecule has 2 aromatic heterocycles. The number of thioether (sulfide) groups is 1. The monoisotopic (exact) mass is 755 g/mol. The molecule has 10 heteroatoms. The van der Waals surface area contributed by atoms with Crippen LogP contribution in [0.1, 0.15) is 106 Å². The van der Waals surface area contributed by atoms with Crippen LogP contribution >= 0.6 is 11.8 Å². The van der Waals surface area contributed by atoms with Gasteiger partial charge in [0.15, 0.2) is 0 Å². The molecule has 4 heterocycles. The number of hydrogen-bond donors (Lipinski definition) is 3. The van der Waals surface area contributed by atoms with Crippen molar-refractivity contribution in [2.24, 2.45) is 23.0 Å². The second-order valence-electron chi connectivity index (χ2n) is 16.3. The maximum absolute atomic E-state index is 14.6. The molecular weight excluding hydrogens is 703 g/mol. The molecule has 5 aromatic rings. The van der Waals surface area contributed by atoms with E-state index in [-0.39, 0.29) is 40.5 Å². The van der Waals surface area contributed by atoms with Gasteiger partial charge in [0.2, 0.25) is 11.8 Å². The average molecular weight is 756 g/mol. The number of carbonyl (C=O) groups is 2. The molecule has 2 fully saturated rings. The minimum absolute atomic E-state index is 0.00853. The highest BCUT2D eigenvalue weighted by molar-refractivity contribution is 7.99. The van der Waals surface area contributed by atoms with Crippen LogP contribution in [0, 0.1) is 29.1 Å². The Morgan fingerprint density at radius 3 is 2.31 bits per heavy atom. The number of nitrogens with two attached hydrogens (primary N) is 1. The van der Waals surface area contributed by atoms with Crippen molar-refractivity contribution in [3.63, 3.8) is 0 Å². The van der Waals surface area contributed by atoms with Crippen LogP contribution in [-0.4, -0.2) is 66.4 Å². The number of H-pyrrole nitrogens is 2. The fraction of sp³-hybridized carbons (Fsp3) is 0.422. The normalized spacial score (nSPS) is 18.8. The van der Waals surface area contributed by atoms with Gasteiger partial charge in [0, 0.05) is 24.2 Å². The van der Waals surface area contributed by atoms with E-state index in [1.807, 2.05) is 85.6 Å². The molecule has 2 amide bonds. The summed E-state index contributed by atoms with van der Waals surface area (Å²) in [4.78, 5) is 48.3. The third kappa shape index (κ3) is 7.96. The summed E-state index contributed by atoms with van der Waals surface area (Å²) < 4.78 is 0. The first-order valence-corrected chi connectivity index (χ1v) is 20.7. The molecule has 2 aliphatic heterocycles. The summed E-state index contributed by atoms with van der Waals surface area (Å²) in [6.07, 6.45) is 4.59. The molecule has 2 aliphatic rings. The molecule has 4 atom stereocenters. The highest BCUT2D eigenvalue weighted by atomic mass is 32.2. The third-order valence-corrected chi connectivity index (χ3v) is 13.0. The molecule has 286 valence electrons. The number of amides is 2. The van der Waals surface area contributed by atoms with E-state index in [9.17, 15) is 9.59 Å². The minimum atomic E-state index is -0.507. The molecular formula is C45H53N7O2S. The van der Waals surface area contributed by atoms with Crippen LogP contribution < -0.4 is 5.73 Å². The smallest absolute Gasteiger partial charge is 0.240 e. The number of nitrogens with zero attached hydrogens (tertiary/aromatic N) is 4. The zero-order chi connectivity index (χ0) is 38.9. The first kappa shape index (κ1) is 38.4. The van der Waals surface area contributed by atoms with E-state index in [4.69, 9.17) is 10.7 Å². The minimum Gasteiger partial charge on any atom is -0.340 e. The fourth-order valence-corrected chi connectivity index (χ4v) is 8.85. The summed E-state index contributed by atoms with van der Waals surface area (Å²) in [7, 11) is 0. The highest BCUT2D eigenvalue weighted by Crippen LogP contribution is 2.46. The number of aromatic amines is 2. The van der Waals surface area contributed by atoms with Gasteiger partial charge in [0.1, 0.15) is 17.0 Å². The van der Waals surface area contributed by atoms with E-state index < -0.39 is 6.04 Å². The maximum atomic E-state index is 14.6. The van der Waals surface area contributed by atoms with Crippen molar-refractivity contribution in [1.82, 2.24) is 29.7 Å². The van der Waals surface area contributed by atoms with Gasteiger partial charge in [-0.2, -0.15) is 0 Å². The lowest BCUT2D eigenvalue weighted by Crippen LogP contribution is -2.46. The Labute approximate surface area is 329 Å². The molecule has 3 aromatic carbocycles. The molecule has 9 nitrogen and oxygen atoms in total. The summed E-state index contributed by atoms with van der Waals surface area (Å²) in [5, 5.41) is -0.190. The Hall–Kier alpha value is -4.85. The molecule has 0 saturated carbocycles. The van der Waals surface area contributed by atoms with Gasteiger partial charge < -0.3 is 25.5 Å². The lowest BCUT2D eigenvalue weighted by atomic mass is 9.67. The first-order chi connectivity index (χ1) is 26.4. The standard InChI is InChI=1S/C45H53N7O2S/c1-28(2)39(46)43(54)51-23-10-14-37(51)40-47-27-36(50-40)32-20-17-30(18-21-32)15-16-31-19-22-34-35(26-31)49-41(48-34)44-52(24-11-25-55-44)42(53)38(45(5,6)29(3)4)33-12-8-7-9-13-33/h7-9,12-13,17-22,26-29,37-39,44H,10-11,14,23-25,46H2,1-6H3,(H,47,50)(H,48,49). The van der Waals surface area contributed by atoms with Crippen LogP contribution in [-0.2, 0) is 9.59 Å². The van der Waals surface area contributed by atoms with Gasteiger partial charge in [-0.05, 0) is 83.7 Å². The molecule has 7 rings (SSSR count). The van der Waals surface area contributed by atoms with Crippen molar-refractivity contribution in [2.75, 3.05) is 18.8 Å². The van der Waals surface area contributed by atoms with Gasteiger partial charge in [-0.15, -0.1) is 11.8 Å². The number of nitrogens with one attached hydrogen (secondary N) is 2. The van der Waals surface area contributed by atoms with Gasteiger partial charge in [-0.1, -0.05) is 95.8 Å². The van der Waals surface area contributed by atoms with E-state index in [1.165, 1.54) is 0 Å². The lowest BCUT2D eigenvalue weighted by Gasteiger charge is -2.43. The van der Waals surface area contributed by atoms with Crippen LogP contribution in [0.15, 0.2) is 79.0 Å². The summed E-state index contributed by atoms with van der Waals surface area (Å²) in [6, 6.07) is 23.8. The largest absolute Gasteiger partial charge is 0.340 e. The fourth-order valence-electron chi connectivity index (χ4n) is 7.67. The van der Waals surface area contributed by atoms with E-state index in [2.05, 4.69) is 71.5 Å². The van der Waals surface area contributed by atoms with Crippen molar-refractivity contribution >= 4 is 34.6 Å². The van der Waals surface area contributed by atoms with Crippen molar-refractivity contribution in [3.05, 3.63) is 107 Å². The highest BCUT2D eigenvalue weighted by Gasteiger charge is 2.43. The predicted molar refractivity (Wildman–Crippen MR) is 222 cm³/mol. The maximum Gasteiger partial charge on any atom is 0.240 e. The molecule has 0 spiro atoms. The van der Waals surface area contributed by atoms with Crippen molar-refractivity contribution in [2.45, 2.75) is 84.2 Å². The molecule has 4 unspecified atom stereocenters. The lowest BCUT2D eigenvalue weighted by molar-refractivity contribution is -0.137. The Bertz CT molecular complexity index is 2190. The average Bonchev–Trinajstić information content (AvgIpc) is 3.97. The zero-order valence-electron chi connectivity index (χ0n) is 32.8. The van der Waals surface area contributed by atoms with Gasteiger partial charge in [-0.3, -0.25) is 9.59 Å². The third-order valence-electron chi connectivity index (χ3n) is 11.7. The van der Waals surface area contributed by atoms with Gasteiger partial charge in [-0.25, -0.2) is 9.97 Å². The second-order valence-corrected chi connectivity index (χ2v) is 17.4. The zero-order valence-corrected chi connectivity index (χ0v) is 33.6. The number of aromatic nitrogens is 4. The van der Waals surface area contributed by atoms with Gasteiger partial charge in [0.25, 0.3) is 0 Å². The van der Waals surface area contributed by atoms with Crippen molar-refractivity contribution in [3.8, 4) is 23.1 Å². The number of rotatable bonds is 9. The van der Waals surface area contributed by atoms with Crippen LogP contribution in [0.2, 0.25) is 0 Å². The number of benzene rings is 3. The second kappa shape index (κ2) is 16.1. The quantitative estimate of drug-likeness (QED) is 0.130. The SMILES string of the molecule is CC(C)C(N)C(=O)N1CCCC1c1ncc(-c2ccc(C#Cc3ccc4nc(C5SCCCN5C(=O)C(c5ccccc5)C(C)(C)C(C)C)[nH]c4c3)cc2)[nH]1. The molecule has 0 radical (unpaired) electrons. The van der Waals surface area contributed by atoms with Crippen LogP contribution in [0.25, 0.3) is 22.3 Å². The van der Waals surface area contributed by atoms with E-state index in [0.717, 1.165) is 75.6 Å². The molecule has 0 bridgehead atoms. The molecule has 4 N–H and O–H groups in total. The molecule has 0 aliphatic carbocycles. The van der Waals surface area contributed by atoms with Crippen LogP contribution in [0.3, 0.4) is 0 Å². The Balaban J connectivity index is 1.06. The van der Waals surface area contributed by atoms with Crippen LogP contribution in [0.5, 0.6) is 0 Å². The molecule has 2 saturated heterocycles. The van der Waals surface area contributed by atoms with Crippen LogP contribution in [0.4, 0.5) is 0 Å². The van der Waals surface area contributed by atoms with Gasteiger partial charge >= 0.3 is 0 Å².